The predicted octanol–water partition coefficient (Wildman–Crippen LogP) is 3.18. The van der Waals surface area contributed by atoms with Crippen LogP contribution in [0.15, 0.2) is 59.4 Å². The number of nitrogen functional groups attached to an aromatic ring is 1. The predicted molar refractivity (Wildman–Crippen MR) is 107 cm³/mol. The molecule has 1 saturated heterocycles. The zero-order chi connectivity index (χ0) is 18.8. The van der Waals surface area contributed by atoms with Crippen molar-refractivity contribution in [2.45, 2.75) is 19.3 Å². The van der Waals surface area contributed by atoms with E-state index in [2.05, 4.69) is 10.00 Å². The van der Waals surface area contributed by atoms with Crippen molar-refractivity contribution in [3.05, 3.63) is 65.0 Å². The Bertz CT molecular complexity index is 1010. The number of benzene rings is 2. The number of nitrogens with zero attached hydrogens (tertiary/aromatic N) is 3. The van der Waals surface area contributed by atoms with Gasteiger partial charge in [0.05, 0.1) is 11.4 Å². The molecule has 0 aliphatic carbocycles. The molecule has 3 N–H and O–H groups in total. The first-order chi connectivity index (χ1) is 13.1. The van der Waals surface area contributed by atoms with E-state index in [1.54, 1.807) is 18.2 Å². The molecule has 1 fully saturated rings. The molecule has 3 aromatic rings. The van der Waals surface area contributed by atoms with Gasteiger partial charge in [-0.05, 0) is 31.4 Å². The van der Waals surface area contributed by atoms with Crippen LogP contribution in [0.3, 0.4) is 0 Å². The Morgan fingerprint density at radius 3 is 2.41 bits per heavy atom. The molecule has 138 valence electrons. The van der Waals surface area contributed by atoms with Crippen LogP contribution < -0.4 is 16.2 Å². The average molecular weight is 362 g/mol. The van der Waals surface area contributed by atoms with Gasteiger partial charge in [0.15, 0.2) is 0 Å². The summed E-state index contributed by atoms with van der Waals surface area (Å²) in [5.41, 5.74) is 8.94. The molecule has 2 heterocycles. The van der Waals surface area contributed by atoms with E-state index in [0.29, 0.717) is 17.1 Å². The first kappa shape index (κ1) is 17.1. The van der Waals surface area contributed by atoms with Crippen molar-refractivity contribution in [3.8, 4) is 22.7 Å². The summed E-state index contributed by atoms with van der Waals surface area (Å²) in [7, 11) is 0. The molecule has 6 nitrogen and oxygen atoms in total. The first-order valence-electron chi connectivity index (χ1n) is 9.18. The van der Waals surface area contributed by atoms with Gasteiger partial charge in [-0.25, -0.2) is 0 Å². The number of phenols is 1. The molecule has 0 atom stereocenters. The summed E-state index contributed by atoms with van der Waals surface area (Å²) in [6, 6.07) is 16.2. The van der Waals surface area contributed by atoms with Gasteiger partial charge in [0.25, 0.3) is 5.56 Å². The topological polar surface area (TPSA) is 84.4 Å². The first-order valence-corrected chi connectivity index (χ1v) is 9.18. The SMILES string of the molecule is Nc1c(N2CCCCC2)c(-c2ccccc2)nn(-c2cccc(O)c2)c1=O. The fourth-order valence-corrected chi connectivity index (χ4v) is 3.56. The summed E-state index contributed by atoms with van der Waals surface area (Å²) >= 11 is 0. The summed E-state index contributed by atoms with van der Waals surface area (Å²) in [4.78, 5) is 15.2. The molecule has 0 radical (unpaired) electrons. The molecule has 1 aromatic heterocycles. The van der Waals surface area contributed by atoms with Gasteiger partial charge in [-0.15, -0.1) is 0 Å². The summed E-state index contributed by atoms with van der Waals surface area (Å²) < 4.78 is 1.27. The maximum Gasteiger partial charge on any atom is 0.296 e. The minimum atomic E-state index is -0.374. The molecular formula is C21H22N4O2. The van der Waals surface area contributed by atoms with Crippen molar-refractivity contribution in [3.63, 3.8) is 0 Å². The number of aromatic hydroxyl groups is 1. The van der Waals surface area contributed by atoms with Crippen LogP contribution in [0.4, 0.5) is 11.4 Å². The number of phenolic OH excluding ortho intramolecular Hbond substituents is 1. The molecule has 27 heavy (non-hydrogen) atoms. The number of piperidine rings is 1. The monoisotopic (exact) mass is 362 g/mol. The van der Waals surface area contributed by atoms with Gasteiger partial charge in [0, 0.05) is 24.7 Å². The Kier molecular flexibility index (Phi) is 4.54. The average Bonchev–Trinajstić information content (AvgIpc) is 2.71. The van der Waals surface area contributed by atoms with Crippen LogP contribution in [0.5, 0.6) is 5.75 Å². The van der Waals surface area contributed by atoms with Crippen LogP contribution in [-0.2, 0) is 0 Å². The lowest BCUT2D eigenvalue weighted by atomic mass is 10.1. The van der Waals surface area contributed by atoms with Gasteiger partial charge in [0.2, 0.25) is 0 Å². The molecule has 2 aromatic carbocycles. The van der Waals surface area contributed by atoms with Gasteiger partial charge >= 0.3 is 0 Å². The van der Waals surface area contributed by atoms with Crippen molar-refractivity contribution < 1.29 is 5.11 Å². The summed E-state index contributed by atoms with van der Waals surface area (Å²) in [5.74, 6) is 0.0705. The molecule has 0 spiro atoms. The smallest absolute Gasteiger partial charge is 0.296 e. The van der Waals surface area contributed by atoms with E-state index in [9.17, 15) is 9.90 Å². The van der Waals surface area contributed by atoms with Crippen molar-refractivity contribution in [1.82, 2.24) is 9.78 Å². The second-order valence-electron chi connectivity index (χ2n) is 6.76. The maximum atomic E-state index is 13.0. The highest BCUT2D eigenvalue weighted by atomic mass is 16.3. The minimum Gasteiger partial charge on any atom is -0.508 e. The third-order valence-electron chi connectivity index (χ3n) is 4.90. The van der Waals surface area contributed by atoms with Crippen LogP contribution in [0.2, 0.25) is 0 Å². The molecular weight excluding hydrogens is 340 g/mol. The molecule has 0 bridgehead atoms. The van der Waals surface area contributed by atoms with E-state index >= 15 is 0 Å². The lowest BCUT2D eigenvalue weighted by Gasteiger charge is -2.31. The quantitative estimate of drug-likeness (QED) is 0.748. The third-order valence-corrected chi connectivity index (χ3v) is 4.90. The van der Waals surface area contributed by atoms with Crippen LogP contribution in [-0.4, -0.2) is 28.0 Å². The lowest BCUT2D eigenvalue weighted by molar-refractivity contribution is 0.474. The molecule has 6 heteroatoms. The number of aromatic nitrogens is 2. The summed E-state index contributed by atoms with van der Waals surface area (Å²) in [6.45, 7) is 1.72. The zero-order valence-electron chi connectivity index (χ0n) is 15.0. The molecule has 0 saturated carbocycles. The van der Waals surface area contributed by atoms with Crippen molar-refractivity contribution >= 4 is 11.4 Å². The zero-order valence-corrected chi connectivity index (χ0v) is 15.0. The Balaban J connectivity index is 1.96. The van der Waals surface area contributed by atoms with Gasteiger partial charge < -0.3 is 15.7 Å². The van der Waals surface area contributed by atoms with E-state index in [4.69, 9.17) is 5.73 Å². The maximum absolute atomic E-state index is 13.0. The second kappa shape index (κ2) is 7.15. The number of anilines is 2. The number of rotatable bonds is 3. The number of hydrogen-bond acceptors (Lipinski definition) is 5. The summed E-state index contributed by atoms with van der Waals surface area (Å²) in [5, 5.41) is 14.5. The molecule has 4 rings (SSSR count). The largest absolute Gasteiger partial charge is 0.508 e. The van der Waals surface area contributed by atoms with Gasteiger partial charge in [-0.1, -0.05) is 36.4 Å². The van der Waals surface area contributed by atoms with Gasteiger partial charge in [-0.3, -0.25) is 4.79 Å². The molecule has 1 aliphatic rings. The highest BCUT2D eigenvalue weighted by Crippen LogP contribution is 2.34. The van der Waals surface area contributed by atoms with E-state index in [1.165, 1.54) is 17.2 Å². The van der Waals surface area contributed by atoms with Crippen LogP contribution in [0.25, 0.3) is 16.9 Å². The molecule has 0 unspecified atom stereocenters. The van der Waals surface area contributed by atoms with Gasteiger partial charge in [0.1, 0.15) is 17.1 Å². The fourth-order valence-electron chi connectivity index (χ4n) is 3.56. The number of hydrogen-bond donors (Lipinski definition) is 2. The minimum absolute atomic E-state index is 0.0705. The molecule has 0 amide bonds. The Labute approximate surface area is 157 Å². The van der Waals surface area contributed by atoms with E-state index in [0.717, 1.165) is 31.5 Å². The van der Waals surface area contributed by atoms with Gasteiger partial charge in [-0.2, -0.15) is 9.78 Å². The molecule has 1 aliphatic heterocycles. The Morgan fingerprint density at radius 2 is 1.70 bits per heavy atom. The van der Waals surface area contributed by atoms with Crippen molar-refractivity contribution in [1.29, 1.82) is 0 Å². The fraction of sp³-hybridized carbons (Fsp3) is 0.238. The van der Waals surface area contributed by atoms with E-state index < -0.39 is 0 Å². The Morgan fingerprint density at radius 1 is 0.963 bits per heavy atom. The summed E-state index contributed by atoms with van der Waals surface area (Å²) in [6.07, 6.45) is 3.33. The van der Waals surface area contributed by atoms with Crippen LogP contribution in [0.1, 0.15) is 19.3 Å². The number of nitrogens with two attached hydrogens (primary N) is 1. The highest BCUT2D eigenvalue weighted by molar-refractivity contribution is 5.83. The van der Waals surface area contributed by atoms with Crippen LogP contribution in [0, 0.1) is 0 Å². The lowest BCUT2D eigenvalue weighted by Crippen LogP contribution is -2.35. The normalized spacial score (nSPS) is 14.3. The third kappa shape index (κ3) is 3.26. The van der Waals surface area contributed by atoms with E-state index in [1.807, 2.05) is 30.3 Å². The highest BCUT2D eigenvalue weighted by Gasteiger charge is 2.23. The second-order valence-corrected chi connectivity index (χ2v) is 6.76. The Hall–Kier alpha value is -3.28. The van der Waals surface area contributed by atoms with Crippen molar-refractivity contribution in [2.24, 2.45) is 0 Å². The van der Waals surface area contributed by atoms with Crippen LogP contribution >= 0.6 is 0 Å². The van der Waals surface area contributed by atoms with E-state index in [-0.39, 0.29) is 17.0 Å². The standard InChI is InChI=1S/C21H22N4O2/c22-18-20(24-12-5-2-6-13-24)19(15-8-3-1-4-9-15)23-25(21(18)27)16-10-7-11-17(26)14-16/h1,3-4,7-11,14,26H,2,5-6,12-13,22H2. The van der Waals surface area contributed by atoms with Crippen molar-refractivity contribution in [2.75, 3.05) is 23.7 Å².